The SMILES string of the molecule is Cc1noc([C@H]2CCCN(C(=O)c3scnc3Cl)C2)n1. The minimum absolute atomic E-state index is 0.0709. The largest absolute Gasteiger partial charge is 0.339 e. The molecule has 20 heavy (non-hydrogen) atoms. The Morgan fingerprint density at radius 3 is 3.10 bits per heavy atom. The first-order valence-electron chi connectivity index (χ1n) is 6.33. The number of rotatable bonds is 2. The zero-order valence-corrected chi connectivity index (χ0v) is 12.4. The Morgan fingerprint density at radius 1 is 1.60 bits per heavy atom. The highest BCUT2D eigenvalue weighted by molar-refractivity contribution is 7.12. The van der Waals surface area contributed by atoms with E-state index in [1.807, 2.05) is 0 Å². The van der Waals surface area contributed by atoms with E-state index < -0.39 is 0 Å². The van der Waals surface area contributed by atoms with Crippen LogP contribution >= 0.6 is 22.9 Å². The monoisotopic (exact) mass is 312 g/mol. The number of likely N-dealkylation sites (tertiary alicyclic amines) is 1. The quantitative estimate of drug-likeness (QED) is 0.852. The van der Waals surface area contributed by atoms with Crippen LogP contribution in [0.3, 0.4) is 0 Å². The maximum Gasteiger partial charge on any atom is 0.267 e. The van der Waals surface area contributed by atoms with Crippen LogP contribution in [0.1, 0.15) is 40.1 Å². The fourth-order valence-electron chi connectivity index (χ4n) is 2.36. The Hall–Kier alpha value is -1.47. The van der Waals surface area contributed by atoms with Crippen LogP contribution in [0, 0.1) is 6.92 Å². The second-order valence-electron chi connectivity index (χ2n) is 4.74. The average molecular weight is 313 g/mol. The van der Waals surface area contributed by atoms with Crippen LogP contribution in [0.25, 0.3) is 0 Å². The van der Waals surface area contributed by atoms with E-state index in [1.54, 1.807) is 17.3 Å². The highest BCUT2D eigenvalue weighted by atomic mass is 35.5. The van der Waals surface area contributed by atoms with Gasteiger partial charge in [-0.3, -0.25) is 4.79 Å². The number of amides is 1. The fourth-order valence-corrected chi connectivity index (χ4v) is 3.32. The topological polar surface area (TPSA) is 72.1 Å². The second kappa shape index (κ2) is 5.49. The predicted molar refractivity (Wildman–Crippen MR) is 74.0 cm³/mol. The molecule has 0 spiro atoms. The van der Waals surface area contributed by atoms with Gasteiger partial charge in [-0.05, 0) is 19.8 Å². The van der Waals surface area contributed by atoms with Crippen molar-refractivity contribution in [2.24, 2.45) is 0 Å². The molecule has 3 rings (SSSR count). The number of carbonyl (C=O) groups excluding carboxylic acids is 1. The Morgan fingerprint density at radius 2 is 2.45 bits per heavy atom. The number of piperidine rings is 1. The van der Waals surface area contributed by atoms with E-state index in [9.17, 15) is 4.79 Å². The van der Waals surface area contributed by atoms with E-state index in [4.69, 9.17) is 16.1 Å². The van der Waals surface area contributed by atoms with Gasteiger partial charge < -0.3 is 9.42 Å². The minimum Gasteiger partial charge on any atom is -0.339 e. The summed E-state index contributed by atoms with van der Waals surface area (Å²) in [5.74, 6) is 1.25. The van der Waals surface area contributed by atoms with Crippen molar-refractivity contribution < 1.29 is 9.32 Å². The summed E-state index contributed by atoms with van der Waals surface area (Å²) in [4.78, 5) is 22.9. The molecule has 0 bridgehead atoms. The van der Waals surface area contributed by atoms with Crippen LogP contribution in [0.4, 0.5) is 0 Å². The molecule has 1 saturated heterocycles. The van der Waals surface area contributed by atoms with E-state index in [-0.39, 0.29) is 17.0 Å². The highest BCUT2D eigenvalue weighted by Crippen LogP contribution is 2.28. The van der Waals surface area contributed by atoms with Gasteiger partial charge in [0.2, 0.25) is 5.89 Å². The standard InChI is InChI=1S/C12H13ClN4O2S/c1-7-15-11(19-16-7)8-3-2-4-17(5-8)12(18)9-10(13)14-6-20-9/h6,8H,2-5H2,1H3/t8-/m0/s1. The first-order valence-corrected chi connectivity index (χ1v) is 7.59. The molecule has 0 radical (unpaired) electrons. The molecule has 2 aromatic rings. The number of aromatic nitrogens is 3. The van der Waals surface area contributed by atoms with Crippen LogP contribution in [-0.4, -0.2) is 39.0 Å². The molecule has 1 amide bonds. The van der Waals surface area contributed by atoms with Crippen LogP contribution in [0.15, 0.2) is 10.0 Å². The Balaban J connectivity index is 1.75. The third kappa shape index (κ3) is 2.55. The molecule has 6 nitrogen and oxygen atoms in total. The van der Waals surface area contributed by atoms with Gasteiger partial charge in [0.1, 0.15) is 4.88 Å². The van der Waals surface area contributed by atoms with E-state index >= 15 is 0 Å². The first-order chi connectivity index (χ1) is 9.65. The molecule has 0 aromatic carbocycles. The van der Waals surface area contributed by atoms with E-state index in [1.165, 1.54) is 11.3 Å². The normalized spacial score (nSPS) is 19.3. The van der Waals surface area contributed by atoms with Crippen LogP contribution in [0.5, 0.6) is 0 Å². The van der Waals surface area contributed by atoms with Crippen molar-refractivity contribution in [1.29, 1.82) is 0 Å². The van der Waals surface area contributed by atoms with Gasteiger partial charge in [-0.15, -0.1) is 11.3 Å². The number of halogens is 1. The van der Waals surface area contributed by atoms with Crippen molar-refractivity contribution in [1.82, 2.24) is 20.0 Å². The van der Waals surface area contributed by atoms with Gasteiger partial charge in [-0.1, -0.05) is 16.8 Å². The summed E-state index contributed by atoms with van der Waals surface area (Å²) in [6, 6.07) is 0. The summed E-state index contributed by atoms with van der Waals surface area (Å²) >= 11 is 7.19. The molecule has 1 atom stereocenters. The van der Waals surface area contributed by atoms with Gasteiger partial charge in [0.25, 0.3) is 5.91 Å². The van der Waals surface area contributed by atoms with E-state index in [0.29, 0.717) is 23.1 Å². The zero-order chi connectivity index (χ0) is 14.1. The summed E-state index contributed by atoms with van der Waals surface area (Å²) in [6.07, 6.45) is 1.86. The summed E-state index contributed by atoms with van der Waals surface area (Å²) in [5, 5.41) is 4.08. The molecule has 2 aromatic heterocycles. The first kappa shape index (κ1) is 13.5. The fraction of sp³-hybridized carbons (Fsp3) is 0.500. The molecule has 0 saturated carbocycles. The third-order valence-corrected chi connectivity index (χ3v) is 4.53. The maximum absolute atomic E-state index is 12.4. The molecule has 1 aliphatic rings. The third-order valence-electron chi connectivity index (χ3n) is 3.32. The zero-order valence-electron chi connectivity index (χ0n) is 10.9. The van der Waals surface area contributed by atoms with Crippen LogP contribution in [-0.2, 0) is 0 Å². The lowest BCUT2D eigenvalue weighted by molar-refractivity contribution is 0.0700. The summed E-state index contributed by atoms with van der Waals surface area (Å²) < 4.78 is 5.21. The molecule has 0 N–H and O–H groups in total. The number of hydrogen-bond acceptors (Lipinski definition) is 6. The Kier molecular flexibility index (Phi) is 3.71. The van der Waals surface area contributed by atoms with Gasteiger partial charge >= 0.3 is 0 Å². The number of aryl methyl sites for hydroxylation is 1. The Bertz CT molecular complexity index is 627. The minimum atomic E-state index is -0.0709. The summed E-state index contributed by atoms with van der Waals surface area (Å²) in [5.41, 5.74) is 1.58. The molecule has 1 fully saturated rings. The van der Waals surface area contributed by atoms with Crippen molar-refractivity contribution in [2.45, 2.75) is 25.7 Å². The number of carbonyl (C=O) groups is 1. The van der Waals surface area contributed by atoms with Crippen molar-refractivity contribution >= 4 is 28.8 Å². The Labute approximate surface area is 124 Å². The molecule has 0 unspecified atom stereocenters. The number of hydrogen-bond donors (Lipinski definition) is 0. The average Bonchev–Trinajstić information content (AvgIpc) is 3.07. The summed E-state index contributed by atoms with van der Waals surface area (Å²) in [7, 11) is 0. The molecular formula is C12H13ClN4O2S. The highest BCUT2D eigenvalue weighted by Gasteiger charge is 2.30. The van der Waals surface area contributed by atoms with Crippen LogP contribution in [0.2, 0.25) is 5.15 Å². The van der Waals surface area contributed by atoms with Gasteiger partial charge in [0.15, 0.2) is 11.0 Å². The lowest BCUT2D eigenvalue weighted by atomic mass is 9.98. The smallest absolute Gasteiger partial charge is 0.267 e. The van der Waals surface area contributed by atoms with E-state index in [0.717, 1.165) is 19.4 Å². The van der Waals surface area contributed by atoms with Gasteiger partial charge in [-0.25, -0.2) is 4.98 Å². The number of thiazole rings is 1. The molecule has 0 aliphatic carbocycles. The molecule has 1 aliphatic heterocycles. The van der Waals surface area contributed by atoms with Crippen molar-refractivity contribution in [3.8, 4) is 0 Å². The predicted octanol–water partition coefficient (Wildman–Crippen LogP) is 2.51. The molecular weight excluding hydrogens is 300 g/mol. The second-order valence-corrected chi connectivity index (χ2v) is 5.96. The van der Waals surface area contributed by atoms with E-state index in [2.05, 4.69) is 15.1 Å². The van der Waals surface area contributed by atoms with Crippen LogP contribution < -0.4 is 0 Å². The molecule has 3 heterocycles. The van der Waals surface area contributed by atoms with Gasteiger partial charge in [0.05, 0.1) is 11.4 Å². The van der Waals surface area contributed by atoms with Crippen molar-refractivity contribution in [3.05, 3.63) is 27.3 Å². The molecule has 8 heteroatoms. The lowest BCUT2D eigenvalue weighted by Crippen LogP contribution is -2.39. The molecule has 106 valence electrons. The number of nitrogens with zero attached hydrogens (tertiary/aromatic N) is 4. The summed E-state index contributed by atoms with van der Waals surface area (Å²) in [6.45, 7) is 3.08. The maximum atomic E-state index is 12.4. The lowest BCUT2D eigenvalue weighted by Gasteiger charge is -2.30. The van der Waals surface area contributed by atoms with Crippen molar-refractivity contribution in [2.75, 3.05) is 13.1 Å². The van der Waals surface area contributed by atoms with Gasteiger partial charge in [-0.2, -0.15) is 4.98 Å². The van der Waals surface area contributed by atoms with Crippen molar-refractivity contribution in [3.63, 3.8) is 0 Å². The van der Waals surface area contributed by atoms with Gasteiger partial charge in [0, 0.05) is 13.1 Å².